The highest BCUT2D eigenvalue weighted by atomic mass is 32.2. The Morgan fingerprint density at radius 3 is 2.36 bits per heavy atom. The van der Waals surface area contributed by atoms with E-state index in [0.717, 1.165) is 0 Å². The predicted molar refractivity (Wildman–Crippen MR) is 157 cm³/mol. The third kappa shape index (κ3) is 6.16. The van der Waals surface area contributed by atoms with E-state index in [1.807, 2.05) is 13.0 Å². The summed E-state index contributed by atoms with van der Waals surface area (Å²) in [6.45, 7) is 3.73. The van der Waals surface area contributed by atoms with Crippen molar-refractivity contribution >= 4 is 33.5 Å². The van der Waals surface area contributed by atoms with E-state index in [9.17, 15) is 23.1 Å². The quantitative estimate of drug-likeness (QED) is 0.428. The van der Waals surface area contributed by atoms with Gasteiger partial charge in [-0.3, -0.25) is 5.32 Å². The molecule has 3 aromatic rings. The number of sulfone groups is 1. The highest BCUT2D eigenvalue weighted by Crippen LogP contribution is 2.41. The SMILES string of the molecule is C[C@H]1COCCN1c1cc(C2(S(C)(=O)=O)CCN(C(=O)O)CC2)nc(-c2ccc(NC(=O)Oc3ccccc3)cc2)n1. The minimum Gasteiger partial charge on any atom is -0.465 e. The number of benzene rings is 2. The Labute approximate surface area is 244 Å². The van der Waals surface area contributed by atoms with E-state index < -0.39 is 26.8 Å². The lowest BCUT2D eigenvalue weighted by Crippen LogP contribution is -2.49. The Bertz CT molecular complexity index is 1540. The number of likely N-dealkylation sites (tertiary alicyclic amines) is 1. The molecule has 12 nitrogen and oxygen atoms in total. The molecule has 0 bridgehead atoms. The van der Waals surface area contributed by atoms with Gasteiger partial charge in [0.2, 0.25) is 0 Å². The first kappa shape index (κ1) is 29.3. The van der Waals surface area contributed by atoms with Crippen LogP contribution >= 0.6 is 0 Å². The fraction of sp³-hybridized carbons (Fsp3) is 0.379. The molecule has 2 aliphatic heterocycles. The fourth-order valence-corrected chi connectivity index (χ4v) is 6.74. The number of amides is 2. The Morgan fingerprint density at radius 2 is 1.74 bits per heavy atom. The average Bonchev–Trinajstić information content (AvgIpc) is 2.97. The van der Waals surface area contributed by atoms with E-state index in [1.54, 1.807) is 54.6 Å². The first-order chi connectivity index (χ1) is 20.1. The zero-order valence-electron chi connectivity index (χ0n) is 23.4. The molecule has 2 saturated heterocycles. The summed E-state index contributed by atoms with van der Waals surface area (Å²) in [5.41, 5.74) is 1.45. The standard InChI is InChI=1S/C29H33N5O7S/c1-20-19-40-17-16-34(20)25-18-24(29(42(2,38)39)12-14-33(15-13-29)28(36)37)31-26(32-25)21-8-10-22(11-9-21)30-27(35)41-23-6-4-3-5-7-23/h3-11,18,20H,12-17,19H2,1-2H3,(H,30,35)(H,36,37)/t20-/m0/s1. The lowest BCUT2D eigenvalue weighted by molar-refractivity contribution is 0.0985. The van der Waals surface area contributed by atoms with Crippen LogP contribution in [0.1, 0.15) is 25.5 Å². The zero-order valence-corrected chi connectivity index (χ0v) is 24.2. The van der Waals surface area contributed by atoms with E-state index in [4.69, 9.17) is 19.4 Å². The molecule has 222 valence electrons. The summed E-state index contributed by atoms with van der Waals surface area (Å²) < 4.78 is 36.2. The average molecular weight is 596 g/mol. The van der Waals surface area contributed by atoms with Gasteiger partial charge < -0.3 is 24.4 Å². The van der Waals surface area contributed by atoms with Crippen LogP contribution < -0.4 is 15.0 Å². The summed E-state index contributed by atoms with van der Waals surface area (Å²) in [5.74, 6) is 1.31. The number of hydrogen-bond acceptors (Lipinski definition) is 9. The minimum atomic E-state index is -3.71. The van der Waals surface area contributed by atoms with Gasteiger partial charge in [-0.05, 0) is 56.2 Å². The lowest BCUT2D eigenvalue weighted by atomic mass is 9.91. The maximum Gasteiger partial charge on any atom is 0.417 e. The summed E-state index contributed by atoms with van der Waals surface area (Å²) in [5, 5.41) is 12.2. The Kier molecular flexibility index (Phi) is 8.32. The molecule has 2 aromatic carbocycles. The summed E-state index contributed by atoms with van der Waals surface area (Å²) in [4.78, 5) is 36.8. The number of carbonyl (C=O) groups is 2. The van der Waals surface area contributed by atoms with E-state index in [0.29, 0.717) is 54.1 Å². The number of aromatic nitrogens is 2. The second-order valence-corrected chi connectivity index (χ2v) is 12.8. The van der Waals surface area contributed by atoms with Gasteiger partial charge >= 0.3 is 12.2 Å². The van der Waals surface area contributed by atoms with E-state index in [2.05, 4.69) is 10.2 Å². The number of hydrogen-bond donors (Lipinski definition) is 2. The van der Waals surface area contributed by atoms with Gasteiger partial charge in [0.05, 0.1) is 24.9 Å². The number of para-hydroxylation sites is 1. The van der Waals surface area contributed by atoms with Gasteiger partial charge in [-0.1, -0.05) is 18.2 Å². The molecule has 0 aliphatic carbocycles. The van der Waals surface area contributed by atoms with Crippen molar-refractivity contribution in [2.75, 3.05) is 49.3 Å². The van der Waals surface area contributed by atoms with Crippen LogP contribution in [0.4, 0.5) is 21.1 Å². The first-order valence-electron chi connectivity index (χ1n) is 13.6. The van der Waals surface area contributed by atoms with Crippen molar-refractivity contribution in [3.8, 4) is 17.1 Å². The highest BCUT2D eigenvalue weighted by Gasteiger charge is 2.47. The van der Waals surface area contributed by atoms with Crippen LogP contribution in [0, 0.1) is 0 Å². The number of nitrogens with one attached hydrogen (secondary N) is 1. The van der Waals surface area contributed by atoms with Crippen LogP contribution in [0.5, 0.6) is 5.75 Å². The summed E-state index contributed by atoms with van der Waals surface area (Å²) in [6, 6.07) is 17.3. The van der Waals surface area contributed by atoms with Crippen molar-refractivity contribution in [1.29, 1.82) is 0 Å². The molecule has 3 heterocycles. The van der Waals surface area contributed by atoms with Gasteiger partial charge in [0.25, 0.3) is 0 Å². The van der Waals surface area contributed by atoms with Crippen molar-refractivity contribution < 1.29 is 32.6 Å². The number of piperidine rings is 1. The van der Waals surface area contributed by atoms with E-state index in [1.165, 1.54) is 11.2 Å². The number of carboxylic acid groups (broad SMARTS) is 1. The van der Waals surface area contributed by atoms with Gasteiger partial charge in [0, 0.05) is 43.2 Å². The van der Waals surface area contributed by atoms with Crippen LogP contribution in [0.3, 0.4) is 0 Å². The van der Waals surface area contributed by atoms with E-state index in [-0.39, 0.29) is 32.0 Å². The van der Waals surface area contributed by atoms with Gasteiger partial charge in [0.1, 0.15) is 16.3 Å². The molecule has 0 radical (unpaired) electrons. The largest absolute Gasteiger partial charge is 0.465 e. The van der Waals surface area contributed by atoms with Crippen molar-refractivity contribution in [2.45, 2.75) is 30.6 Å². The number of ether oxygens (including phenoxy) is 2. The maximum atomic E-state index is 13.4. The molecule has 1 aromatic heterocycles. The molecule has 42 heavy (non-hydrogen) atoms. The zero-order chi connectivity index (χ0) is 29.9. The van der Waals surface area contributed by atoms with Gasteiger partial charge in [-0.15, -0.1) is 0 Å². The Balaban J connectivity index is 1.49. The smallest absolute Gasteiger partial charge is 0.417 e. The molecular weight excluding hydrogens is 562 g/mol. The molecule has 13 heteroatoms. The number of carbonyl (C=O) groups excluding carboxylic acids is 1. The van der Waals surface area contributed by atoms with Crippen LogP contribution in [-0.4, -0.2) is 85.7 Å². The number of nitrogens with zero attached hydrogens (tertiary/aromatic N) is 4. The Hall–Kier alpha value is -4.23. The Morgan fingerprint density at radius 1 is 1.05 bits per heavy atom. The first-order valence-corrected chi connectivity index (χ1v) is 15.5. The van der Waals surface area contributed by atoms with Gasteiger partial charge in [0.15, 0.2) is 15.7 Å². The summed E-state index contributed by atoms with van der Waals surface area (Å²) >= 11 is 0. The predicted octanol–water partition coefficient (Wildman–Crippen LogP) is 3.99. The fourth-order valence-electron chi connectivity index (χ4n) is 5.33. The number of anilines is 2. The maximum absolute atomic E-state index is 13.4. The van der Waals surface area contributed by atoms with Crippen molar-refractivity contribution in [3.63, 3.8) is 0 Å². The minimum absolute atomic E-state index is 0.000376. The molecule has 2 fully saturated rings. The van der Waals surface area contributed by atoms with Crippen molar-refractivity contribution in [2.24, 2.45) is 0 Å². The summed E-state index contributed by atoms with van der Waals surface area (Å²) in [7, 11) is -3.71. The molecule has 0 spiro atoms. The third-order valence-electron chi connectivity index (χ3n) is 7.74. The van der Waals surface area contributed by atoms with E-state index >= 15 is 0 Å². The van der Waals surface area contributed by atoms with Crippen LogP contribution in [0.2, 0.25) is 0 Å². The number of rotatable bonds is 6. The van der Waals surface area contributed by atoms with Gasteiger partial charge in [-0.2, -0.15) is 0 Å². The molecule has 5 rings (SSSR count). The molecule has 0 unspecified atom stereocenters. The van der Waals surface area contributed by atoms with Crippen molar-refractivity contribution in [1.82, 2.24) is 14.9 Å². The molecule has 1 atom stereocenters. The molecule has 2 N–H and O–H groups in total. The molecule has 2 aliphatic rings. The molecule has 0 saturated carbocycles. The monoisotopic (exact) mass is 595 g/mol. The topological polar surface area (TPSA) is 151 Å². The highest BCUT2D eigenvalue weighted by molar-refractivity contribution is 7.91. The molecular formula is C29H33N5O7S. The lowest BCUT2D eigenvalue weighted by Gasteiger charge is -2.40. The van der Waals surface area contributed by atoms with Gasteiger partial charge in [-0.25, -0.2) is 28.0 Å². The van der Waals surface area contributed by atoms with Crippen molar-refractivity contribution in [3.05, 3.63) is 66.4 Å². The third-order valence-corrected chi connectivity index (χ3v) is 9.77. The summed E-state index contributed by atoms with van der Waals surface area (Å²) in [6.07, 6.45) is -0.377. The van der Waals surface area contributed by atoms with Crippen LogP contribution in [-0.2, 0) is 19.3 Å². The normalized spacial score (nSPS) is 18.8. The number of morpholine rings is 1. The van der Waals surface area contributed by atoms with Crippen LogP contribution in [0.25, 0.3) is 11.4 Å². The second kappa shape index (κ2) is 11.9. The van der Waals surface area contributed by atoms with Crippen LogP contribution in [0.15, 0.2) is 60.7 Å². The second-order valence-electron chi connectivity index (χ2n) is 10.5. The molecule has 2 amide bonds.